The van der Waals surface area contributed by atoms with Gasteiger partial charge in [-0.15, -0.1) is 10.2 Å². The zero-order valence-electron chi connectivity index (χ0n) is 11.3. The number of nitrogens with zero attached hydrogens (tertiary/aromatic N) is 3. The van der Waals surface area contributed by atoms with Crippen LogP contribution in [0.5, 0.6) is 0 Å². The van der Waals surface area contributed by atoms with Crippen LogP contribution in [0.1, 0.15) is 29.9 Å². The largest absolute Gasteiger partial charge is 0.392 e. The smallest absolute Gasteiger partial charge is 0.241 e. The first-order chi connectivity index (χ1) is 9.85. The molecule has 3 N–H and O–H groups in total. The molecule has 1 heterocycles. The van der Waals surface area contributed by atoms with Crippen LogP contribution in [0.3, 0.4) is 0 Å². The quantitative estimate of drug-likeness (QED) is 0.723. The van der Waals surface area contributed by atoms with E-state index in [1.807, 2.05) is 0 Å². The van der Waals surface area contributed by atoms with E-state index >= 15 is 0 Å². The van der Waals surface area contributed by atoms with Crippen molar-refractivity contribution in [2.24, 2.45) is 0 Å². The van der Waals surface area contributed by atoms with Gasteiger partial charge in [-0.2, -0.15) is 5.21 Å². The lowest BCUT2D eigenvalue weighted by Gasteiger charge is -2.13. The van der Waals surface area contributed by atoms with E-state index in [-0.39, 0.29) is 21.8 Å². The Morgan fingerprint density at radius 1 is 1.48 bits per heavy atom. The summed E-state index contributed by atoms with van der Waals surface area (Å²) in [4.78, 5) is -0.138. The van der Waals surface area contributed by atoms with Gasteiger partial charge >= 0.3 is 0 Å². The topological polar surface area (TPSA) is 121 Å². The van der Waals surface area contributed by atoms with Gasteiger partial charge in [0, 0.05) is 5.56 Å². The number of benzene rings is 1. The molecule has 0 radical (unpaired) electrons. The molecular formula is C11H14FN5O3S. The number of aromatic nitrogens is 4. The zero-order valence-corrected chi connectivity index (χ0v) is 12.1. The van der Waals surface area contributed by atoms with Crippen LogP contribution in [0.15, 0.2) is 17.0 Å². The summed E-state index contributed by atoms with van der Waals surface area (Å²) in [5, 5.41) is 22.0. The van der Waals surface area contributed by atoms with Gasteiger partial charge in [0.25, 0.3) is 0 Å². The number of nitrogens with one attached hydrogen (secondary N) is 2. The predicted octanol–water partition coefficient (Wildman–Crippen LogP) is 0.179. The third-order valence-electron chi connectivity index (χ3n) is 2.86. The van der Waals surface area contributed by atoms with Crippen molar-refractivity contribution in [2.45, 2.75) is 31.4 Å². The average Bonchev–Trinajstić information content (AvgIpc) is 2.95. The first-order valence-electron chi connectivity index (χ1n) is 6.00. The maximum atomic E-state index is 13.6. The Kier molecular flexibility index (Phi) is 4.30. The fraction of sp³-hybridized carbons (Fsp3) is 0.364. The first kappa shape index (κ1) is 15.5. The maximum Gasteiger partial charge on any atom is 0.241 e. The second kappa shape index (κ2) is 5.84. The summed E-state index contributed by atoms with van der Waals surface area (Å²) >= 11 is 0. The molecule has 0 fully saturated rings. The van der Waals surface area contributed by atoms with Crippen molar-refractivity contribution in [3.8, 4) is 0 Å². The van der Waals surface area contributed by atoms with Gasteiger partial charge in [-0.3, -0.25) is 0 Å². The first-order valence-corrected chi connectivity index (χ1v) is 7.49. The number of aryl methyl sites for hydroxylation is 1. The lowest BCUT2D eigenvalue weighted by atomic mass is 10.1. The molecule has 0 aliphatic carbocycles. The highest BCUT2D eigenvalue weighted by atomic mass is 32.2. The number of sulfonamides is 1. The van der Waals surface area contributed by atoms with Crippen LogP contribution in [0.4, 0.5) is 4.39 Å². The number of halogens is 1. The SMILES string of the molecule is Cc1cc(S(=O)(=O)NC(C)c2nn[nH]n2)cc(CO)c1F. The Labute approximate surface area is 120 Å². The molecule has 10 heteroatoms. The van der Waals surface area contributed by atoms with E-state index in [2.05, 4.69) is 25.3 Å². The number of aliphatic hydroxyl groups is 1. The van der Waals surface area contributed by atoms with Crippen LogP contribution >= 0.6 is 0 Å². The van der Waals surface area contributed by atoms with Crippen molar-refractivity contribution < 1.29 is 17.9 Å². The van der Waals surface area contributed by atoms with E-state index in [9.17, 15) is 12.8 Å². The summed E-state index contributed by atoms with van der Waals surface area (Å²) in [6.45, 7) is 2.39. The highest BCUT2D eigenvalue weighted by Gasteiger charge is 2.22. The molecule has 1 atom stereocenters. The second-order valence-corrected chi connectivity index (χ2v) is 6.20. The fourth-order valence-electron chi connectivity index (χ4n) is 1.78. The lowest BCUT2D eigenvalue weighted by Crippen LogP contribution is -2.28. The molecule has 2 rings (SSSR count). The normalized spacial score (nSPS) is 13.3. The van der Waals surface area contributed by atoms with E-state index in [0.29, 0.717) is 0 Å². The Morgan fingerprint density at radius 3 is 2.76 bits per heavy atom. The van der Waals surface area contributed by atoms with E-state index in [1.54, 1.807) is 6.92 Å². The molecule has 0 aliphatic heterocycles. The van der Waals surface area contributed by atoms with Crippen molar-refractivity contribution in [2.75, 3.05) is 0 Å². The van der Waals surface area contributed by atoms with Gasteiger partial charge in [-0.1, -0.05) is 5.21 Å². The van der Waals surface area contributed by atoms with Gasteiger partial charge in [0.15, 0.2) is 5.82 Å². The molecular weight excluding hydrogens is 301 g/mol. The van der Waals surface area contributed by atoms with Gasteiger partial charge < -0.3 is 5.11 Å². The third-order valence-corrected chi connectivity index (χ3v) is 4.39. The Bertz CT molecular complexity index is 733. The Morgan fingerprint density at radius 2 is 2.19 bits per heavy atom. The molecule has 0 saturated carbocycles. The van der Waals surface area contributed by atoms with Gasteiger partial charge in [0.1, 0.15) is 5.82 Å². The molecule has 1 unspecified atom stereocenters. The summed E-state index contributed by atoms with van der Waals surface area (Å²) in [5.74, 6) is -0.442. The third kappa shape index (κ3) is 3.23. The minimum absolute atomic E-state index is 0.0809. The van der Waals surface area contributed by atoms with Crippen LogP contribution in [0.2, 0.25) is 0 Å². The van der Waals surface area contributed by atoms with Crippen molar-refractivity contribution in [1.29, 1.82) is 0 Å². The van der Waals surface area contributed by atoms with Gasteiger partial charge in [0.05, 0.1) is 17.5 Å². The summed E-state index contributed by atoms with van der Waals surface area (Å²) in [5.41, 5.74) is 0.0525. The number of aromatic amines is 1. The molecule has 21 heavy (non-hydrogen) atoms. The molecule has 1 aromatic carbocycles. The summed E-state index contributed by atoms with van der Waals surface area (Å²) < 4.78 is 40.5. The number of aliphatic hydroxyl groups excluding tert-OH is 1. The molecule has 0 aliphatic rings. The van der Waals surface area contributed by atoms with Crippen LogP contribution in [0.25, 0.3) is 0 Å². The molecule has 8 nitrogen and oxygen atoms in total. The monoisotopic (exact) mass is 315 g/mol. The van der Waals surface area contributed by atoms with E-state index in [4.69, 9.17) is 5.11 Å². The average molecular weight is 315 g/mol. The number of H-pyrrole nitrogens is 1. The lowest BCUT2D eigenvalue weighted by molar-refractivity contribution is 0.275. The molecule has 0 amide bonds. The molecule has 2 aromatic rings. The van der Waals surface area contributed by atoms with Gasteiger partial charge in [-0.25, -0.2) is 17.5 Å². The van der Waals surface area contributed by atoms with Crippen LogP contribution in [-0.2, 0) is 16.6 Å². The number of hydrogen-bond donors (Lipinski definition) is 3. The standard InChI is InChI=1S/C11H14FN5O3S/c1-6-3-9(4-8(5-18)10(6)12)21(19,20)15-7(2)11-13-16-17-14-11/h3-4,7,15,18H,5H2,1-2H3,(H,13,14,16,17). The van der Waals surface area contributed by atoms with Crippen molar-refractivity contribution in [1.82, 2.24) is 25.3 Å². The highest BCUT2D eigenvalue weighted by Crippen LogP contribution is 2.20. The highest BCUT2D eigenvalue weighted by molar-refractivity contribution is 7.89. The van der Waals surface area contributed by atoms with Gasteiger partial charge in [-0.05, 0) is 31.5 Å². The molecule has 0 bridgehead atoms. The molecule has 0 spiro atoms. The van der Waals surface area contributed by atoms with Crippen LogP contribution in [-0.4, -0.2) is 34.1 Å². The minimum atomic E-state index is -3.91. The molecule has 1 aromatic heterocycles. The van der Waals surface area contributed by atoms with E-state index in [0.717, 1.165) is 6.07 Å². The molecule has 0 saturated heterocycles. The Balaban J connectivity index is 2.34. The summed E-state index contributed by atoms with van der Waals surface area (Å²) in [7, 11) is -3.91. The van der Waals surface area contributed by atoms with Crippen LogP contribution < -0.4 is 4.72 Å². The van der Waals surface area contributed by atoms with E-state index < -0.39 is 28.5 Å². The zero-order chi connectivity index (χ0) is 15.6. The van der Waals surface area contributed by atoms with E-state index in [1.165, 1.54) is 13.0 Å². The van der Waals surface area contributed by atoms with Crippen molar-refractivity contribution in [3.63, 3.8) is 0 Å². The van der Waals surface area contributed by atoms with Gasteiger partial charge in [0.2, 0.25) is 10.0 Å². The second-order valence-electron chi connectivity index (χ2n) is 4.48. The predicted molar refractivity (Wildman–Crippen MR) is 70.0 cm³/mol. The number of rotatable bonds is 5. The summed E-state index contributed by atoms with van der Waals surface area (Å²) in [6.07, 6.45) is 0. The number of hydrogen-bond acceptors (Lipinski definition) is 6. The summed E-state index contributed by atoms with van der Waals surface area (Å²) in [6, 6.07) is 1.57. The Hall–Kier alpha value is -1.91. The fourth-order valence-corrected chi connectivity index (χ4v) is 3.12. The maximum absolute atomic E-state index is 13.6. The number of tetrazole rings is 1. The minimum Gasteiger partial charge on any atom is -0.392 e. The van der Waals surface area contributed by atoms with Crippen molar-refractivity contribution in [3.05, 3.63) is 34.9 Å². The van der Waals surface area contributed by atoms with Crippen LogP contribution in [0, 0.1) is 12.7 Å². The molecule has 114 valence electrons. The van der Waals surface area contributed by atoms with Crippen molar-refractivity contribution >= 4 is 10.0 Å².